The summed E-state index contributed by atoms with van der Waals surface area (Å²) >= 11 is 7.34. The van der Waals surface area contributed by atoms with E-state index in [1.165, 1.54) is 13.1 Å². The quantitative estimate of drug-likeness (QED) is 0.300. The van der Waals surface area contributed by atoms with Crippen molar-refractivity contribution in [3.05, 3.63) is 47.1 Å². The van der Waals surface area contributed by atoms with Gasteiger partial charge in [-0.3, -0.25) is 4.79 Å². The first-order valence-corrected chi connectivity index (χ1v) is 10.2. The number of nitrogens with one attached hydrogen (secondary N) is 1. The van der Waals surface area contributed by atoms with Crippen molar-refractivity contribution in [3.63, 3.8) is 0 Å². The van der Waals surface area contributed by atoms with Crippen LogP contribution in [0.3, 0.4) is 0 Å². The van der Waals surface area contributed by atoms with Gasteiger partial charge in [0.25, 0.3) is 0 Å². The largest absolute Gasteiger partial charge is 0.416 e. The number of pyridine rings is 1. The summed E-state index contributed by atoms with van der Waals surface area (Å²) in [7, 11) is 0. The van der Waals surface area contributed by atoms with Gasteiger partial charge in [0, 0.05) is 43.7 Å². The second kappa shape index (κ2) is 11.1. The number of benzene rings is 1. The third-order valence-electron chi connectivity index (χ3n) is 4.08. The molecular weight excluding hydrogens is 453 g/mol. The summed E-state index contributed by atoms with van der Waals surface area (Å²) in [6.07, 6.45) is -3.21. The van der Waals surface area contributed by atoms with Crippen LogP contribution in [0.5, 0.6) is 0 Å². The van der Waals surface area contributed by atoms with Crippen LogP contribution in [-0.4, -0.2) is 41.4 Å². The van der Waals surface area contributed by atoms with Crippen LogP contribution in [0.2, 0.25) is 5.15 Å². The minimum Gasteiger partial charge on any atom is -0.354 e. The number of aromatic nitrogens is 1. The van der Waals surface area contributed by atoms with E-state index in [0.717, 1.165) is 22.7 Å². The van der Waals surface area contributed by atoms with Crippen LogP contribution in [0.4, 0.5) is 24.7 Å². The van der Waals surface area contributed by atoms with E-state index in [1.807, 2.05) is 24.3 Å². The van der Waals surface area contributed by atoms with Gasteiger partial charge in [0.05, 0.1) is 5.56 Å². The SMILES string of the molecule is CC(=O)Nc1ccc(SN2CCN(c3cc(C(F)(F)F)cc(Cl)n3)CC2)cc1.N#CN. The van der Waals surface area contributed by atoms with Gasteiger partial charge in [0.1, 0.15) is 11.0 Å². The lowest BCUT2D eigenvalue weighted by atomic mass is 10.2. The second-order valence-electron chi connectivity index (χ2n) is 6.38. The molecule has 7 nitrogen and oxygen atoms in total. The Morgan fingerprint density at radius 3 is 2.32 bits per heavy atom. The molecule has 0 radical (unpaired) electrons. The second-order valence-corrected chi connectivity index (χ2v) is 7.93. The lowest BCUT2D eigenvalue weighted by molar-refractivity contribution is -0.137. The number of rotatable bonds is 4. The maximum absolute atomic E-state index is 13.0. The summed E-state index contributed by atoms with van der Waals surface area (Å²) in [5.41, 5.74) is 4.09. The molecule has 1 amide bonds. The molecule has 0 atom stereocenters. The zero-order valence-electron chi connectivity index (χ0n) is 16.5. The van der Waals surface area contributed by atoms with Crippen LogP contribution in [-0.2, 0) is 11.0 Å². The maximum Gasteiger partial charge on any atom is 0.416 e. The Balaban J connectivity index is 0.00000107. The van der Waals surface area contributed by atoms with Gasteiger partial charge in [0.2, 0.25) is 5.91 Å². The number of anilines is 2. The topological polar surface area (TPSA) is 98.3 Å². The normalized spacial score (nSPS) is 14.3. The van der Waals surface area contributed by atoms with Gasteiger partial charge in [-0.2, -0.15) is 18.4 Å². The summed E-state index contributed by atoms with van der Waals surface area (Å²) in [5.74, 6) is 0.115. The number of carbonyl (C=O) groups is 1. The Bertz CT molecular complexity index is 928. The molecule has 1 aromatic heterocycles. The Hall–Kier alpha value is -2.68. The third kappa shape index (κ3) is 7.82. The molecule has 1 fully saturated rings. The molecule has 31 heavy (non-hydrogen) atoms. The van der Waals surface area contributed by atoms with Crippen LogP contribution in [0, 0.1) is 11.5 Å². The van der Waals surface area contributed by atoms with Crippen LogP contribution >= 0.6 is 23.5 Å². The average molecular weight is 473 g/mol. The highest BCUT2D eigenvalue weighted by atomic mass is 35.5. The molecule has 0 saturated carbocycles. The van der Waals surface area contributed by atoms with Gasteiger partial charge in [-0.25, -0.2) is 9.29 Å². The van der Waals surface area contributed by atoms with E-state index in [9.17, 15) is 18.0 Å². The fourth-order valence-corrected chi connectivity index (χ4v) is 3.87. The summed E-state index contributed by atoms with van der Waals surface area (Å²) in [6.45, 7) is 3.86. The summed E-state index contributed by atoms with van der Waals surface area (Å²) in [6, 6.07) is 9.35. The van der Waals surface area contributed by atoms with Crippen LogP contribution in [0.25, 0.3) is 0 Å². The number of hydrogen-bond acceptors (Lipinski definition) is 7. The number of piperazine rings is 1. The molecule has 1 aliphatic rings. The van der Waals surface area contributed by atoms with Crippen LogP contribution in [0.15, 0.2) is 41.3 Å². The minimum absolute atomic E-state index is 0.125. The van der Waals surface area contributed by atoms with Crippen molar-refractivity contribution in [2.75, 3.05) is 36.4 Å². The zero-order chi connectivity index (χ0) is 23.0. The standard InChI is InChI=1S/C18H18ClF3N4OS.CH2N2/c1-12(27)23-14-2-4-15(5-3-14)28-26-8-6-25(7-9-26)17-11-13(18(20,21)22)10-16(19)24-17;2-1-3/h2-5,10-11H,6-9H2,1H3,(H,23,27);2H2. The number of hydrogen-bond donors (Lipinski definition) is 2. The van der Waals surface area contributed by atoms with Gasteiger partial charge in [-0.15, -0.1) is 0 Å². The number of halogens is 4. The van der Waals surface area contributed by atoms with E-state index in [2.05, 4.69) is 20.3 Å². The van der Waals surface area contributed by atoms with E-state index < -0.39 is 11.7 Å². The highest BCUT2D eigenvalue weighted by molar-refractivity contribution is 7.97. The lowest BCUT2D eigenvalue weighted by Gasteiger charge is -2.34. The van der Waals surface area contributed by atoms with Crippen molar-refractivity contribution >= 4 is 41.0 Å². The maximum atomic E-state index is 13.0. The monoisotopic (exact) mass is 472 g/mol. The van der Waals surface area contributed by atoms with Crippen molar-refractivity contribution in [1.82, 2.24) is 9.29 Å². The van der Waals surface area contributed by atoms with Crippen molar-refractivity contribution in [2.45, 2.75) is 18.0 Å². The van der Waals surface area contributed by atoms with Crippen LogP contribution in [0.1, 0.15) is 12.5 Å². The van der Waals surface area contributed by atoms with E-state index in [1.54, 1.807) is 16.8 Å². The van der Waals surface area contributed by atoms with Crippen molar-refractivity contribution < 1.29 is 18.0 Å². The molecule has 1 aliphatic heterocycles. The zero-order valence-corrected chi connectivity index (χ0v) is 18.1. The first kappa shape index (κ1) is 24.6. The summed E-state index contributed by atoms with van der Waals surface area (Å²) in [5, 5.41) is 9.64. The molecule has 1 aromatic carbocycles. The van der Waals surface area contributed by atoms with Gasteiger partial charge in [-0.05, 0) is 48.3 Å². The van der Waals surface area contributed by atoms with Crippen molar-refractivity contribution in [1.29, 1.82) is 5.26 Å². The molecule has 0 bridgehead atoms. The predicted octanol–water partition coefficient (Wildman–Crippen LogP) is 3.97. The Morgan fingerprint density at radius 1 is 1.23 bits per heavy atom. The first-order valence-electron chi connectivity index (χ1n) is 9.02. The van der Waals surface area contributed by atoms with E-state index in [-0.39, 0.29) is 16.9 Å². The highest BCUT2D eigenvalue weighted by Crippen LogP contribution is 2.33. The van der Waals surface area contributed by atoms with Crippen molar-refractivity contribution in [2.24, 2.45) is 5.73 Å². The smallest absolute Gasteiger partial charge is 0.354 e. The van der Waals surface area contributed by atoms with Gasteiger partial charge >= 0.3 is 6.18 Å². The molecule has 12 heteroatoms. The Morgan fingerprint density at radius 2 is 1.81 bits per heavy atom. The molecule has 3 rings (SSSR count). The number of nitrogens with zero attached hydrogens (tertiary/aromatic N) is 4. The number of carbonyl (C=O) groups excluding carboxylic acids is 1. The average Bonchev–Trinajstić information content (AvgIpc) is 2.69. The molecule has 166 valence electrons. The number of nitriles is 1. The molecule has 0 spiro atoms. The van der Waals surface area contributed by atoms with Gasteiger partial charge in [-0.1, -0.05) is 11.6 Å². The first-order chi connectivity index (χ1) is 14.6. The lowest BCUT2D eigenvalue weighted by Crippen LogP contribution is -2.43. The molecule has 3 N–H and O–H groups in total. The molecular formula is C19H20ClF3N6OS. The van der Waals surface area contributed by atoms with Gasteiger partial charge in [0.15, 0.2) is 6.19 Å². The fourth-order valence-electron chi connectivity index (χ4n) is 2.77. The van der Waals surface area contributed by atoms with Gasteiger partial charge < -0.3 is 16.0 Å². The summed E-state index contributed by atoms with van der Waals surface area (Å²) in [4.78, 5) is 17.9. The van der Waals surface area contributed by atoms with E-state index in [0.29, 0.717) is 26.2 Å². The Labute approximate surface area is 187 Å². The van der Waals surface area contributed by atoms with Crippen LogP contribution < -0.4 is 16.0 Å². The minimum atomic E-state index is -4.46. The number of amides is 1. The third-order valence-corrected chi connectivity index (χ3v) is 5.38. The molecule has 2 aromatic rings. The molecule has 2 heterocycles. The highest BCUT2D eigenvalue weighted by Gasteiger charge is 2.32. The molecule has 0 unspecified atom stereocenters. The fraction of sp³-hybridized carbons (Fsp3) is 0.316. The predicted molar refractivity (Wildman–Crippen MR) is 114 cm³/mol. The Kier molecular flexibility index (Phi) is 8.79. The van der Waals surface area contributed by atoms with E-state index >= 15 is 0 Å². The molecule has 0 aliphatic carbocycles. The number of nitrogens with two attached hydrogens (primary N) is 1. The number of alkyl halides is 3. The summed E-state index contributed by atoms with van der Waals surface area (Å²) < 4.78 is 41.1. The van der Waals surface area contributed by atoms with E-state index in [4.69, 9.17) is 16.9 Å². The van der Waals surface area contributed by atoms with Crippen molar-refractivity contribution in [3.8, 4) is 6.19 Å². The molecule has 1 saturated heterocycles.